The average Bonchev–Trinajstić information content (AvgIpc) is 2.90. The Hall–Kier alpha value is -2.22. The van der Waals surface area contributed by atoms with Gasteiger partial charge in [0.1, 0.15) is 17.1 Å². The van der Waals surface area contributed by atoms with Gasteiger partial charge in [-0.2, -0.15) is 0 Å². The molecular weight excluding hydrogens is 236 g/mol. The van der Waals surface area contributed by atoms with Crippen LogP contribution in [0.15, 0.2) is 59.0 Å². The van der Waals surface area contributed by atoms with Crippen LogP contribution in [0.25, 0.3) is 11.0 Å². The first kappa shape index (κ1) is 10.7. The maximum absolute atomic E-state index is 6.01. The molecule has 1 atom stereocenters. The van der Waals surface area contributed by atoms with E-state index in [1.165, 1.54) is 10.9 Å². The van der Waals surface area contributed by atoms with Crippen molar-refractivity contribution in [2.45, 2.75) is 12.3 Å². The number of hydrogen-bond donors (Lipinski definition) is 0. The van der Waals surface area contributed by atoms with Gasteiger partial charge in [-0.25, -0.2) is 0 Å². The smallest absolute Gasteiger partial charge is 0.134 e. The molecule has 1 aromatic heterocycles. The monoisotopic (exact) mass is 250 g/mol. The number of ether oxygens (including phenoxy) is 1. The van der Waals surface area contributed by atoms with E-state index in [9.17, 15) is 0 Å². The van der Waals surface area contributed by atoms with Crippen molar-refractivity contribution in [2.75, 3.05) is 6.61 Å². The van der Waals surface area contributed by atoms with Gasteiger partial charge in [-0.15, -0.1) is 0 Å². The standard InChI is InChI=1S/C17H14O2/c1-3-7-15-12(5-1)11-17(19-15)14-9-10-18-16-8-4-2-6-13(14)16/h1-8,11,14H,9-10H2. The molecule has 0 fully saturated rings. The third kappa shape index (κ3) is 1.72. The highest BCUT2D eigenvalue weighted by atomic mass is 16.5. The summed E-state index contributed by atoms with van der Waals surface area (Å²) in [5.74, 6) is 2.33. The minimum atomic E-state index is 0.303. The predicted octanol–water partition coefficient (Wildman–Crippen LogP) is 4.35. The first-order valence-electron chi connectivity index (χ1n) is 6.62. The molecule has 19 heavy (non-hydrogen) atoms. The van der Waals surface area contributed by atoms with E-state index in [1.54, 1.807) is 0 Å². The van der Waals surface area contributed by atoms with Crippen LogP contribution in [0, 0.1) is 0 Å². The fourth-order valence-corrected chi connectivity index (χ4v) is 2.81. The Balaban J connectivity index is 1.85. The van der Waals surface area contributed by atoms with Gasteiger partial charge in [0.15, 0.2) is 0 Å². The van der Waals surface area contributed by atoms with E-state index in [4.69, 9.17) is 9.15 Å². The van der Waals surface area contributed by atoms with Crippen LogP contribution in [-0.4, -0.2) is 6.61 Å². The second kappa shape index (κ2) is 4.16. The van der Waals surface area contributed by atoms with Crippen LogP contribution in [0.4, 0.5) is 0 Å². The summed E-state index contributed by atoms with van der Waals surface area (Å²) in [5, 5.41) is 1.17. The molecule has 0 aliphatic carbocycles. The molecule has 2 nitrogen and oxygen atoms in total. The van der Waals surface area contributed by atoms with E-state index in [-0.39, 0.29) is 0 Å². The van der Waals surface area contributed by atoms with Crippen molar-refractivity contribution in [3.8, 4) is 5.75 Å². The molecule has 0 saturated heterocycles. The maximum Gasteiger partial charge on any atom is 0.134 e. The first-order chi connectivity index (χ1) is 9.42. The van der Waals surface area contributed by atoms with Crippen LogP contribution in [0.3, 0.4) is 0 Å². The zero-order valence-electron chi connectivity index (χ0n) is 10.5. The number of para-hydroxylation sites is 2. The topological polar surface area (TPSA) is 22.4 Å². The van der Waals surface area contributed by atoms with Crippen molar-refractivity contribution < 1.29 is 9.15 Å². The number of fused-ring (bicyclic) bond motifs is 2. The zero-order valence-corrected chi connectivity index (χ0v) is 10.5. The van der Waals surface area contributed by atoms with Gasteiger partial charge in [0.05, 0.1) is 6.61 Å². The average molecular weight is 250 g/mol. The van der Waals surface area contributed by atoms with E-state index >= 15 is 0 Å². The lowest BCUT2D eigenvalue weighted by molar-refractivity contribution is 0.268. The molecule has 3 aromatic rings. The summed E-state index contributed by atoms with van der Waals surface area (Å²) in [6.07, 6.45) is 0.969. The Kier molecular flexibility index (Phi) is 2.34. The van der Waals surface area contributed by atoms with Crippen molar-refractivity contribution in [1.82, 2.24) is 0 Å². The SMILES string of the molecule is c1ccc2c(c1)OCCC2c1cc2ccccc2o1. The van der Waals surface area contributed by atoms with E-state index in [0.717, 1.165) is 30.1 Å². The highest BCUT2D eigenvalue weighted by Gasteiger charge is 2.25. The minimum absolute atomic E-state index is 0.303. The summed E-state index contributed by atoms with van der Waals surface area (Å²) in [6, 6.07) is 18.5. The summed E-state index contributed by atoms with van der Waals surface area (Å²) in [7, 11) is 0. The summed E-state index contributed by atoms with van der Waals surface area (Å²) in [6.45, 7) is 0.749. The molecule has 2 heterocycles. The third-order valence-electron chi connectivity index (χ3n) is 3.75. The van der Waals surface area contributed by atoms with Crippen molar-refractivity contribution in [3.63, 3.8) is 0 Å². The van der Waals surface area contributed by atoms with Gasteiger partial charge >= 0.3 is 0 Å². The first-order valence-corrected chi connectivity index (χ1v) is 6.62. The largest absolute Gasteiger partial charge is 0.493 e. The Morgan fingerprint density at radius 3 is 2.74 bits per heavy atom. The second-order valence-electron chi connectivity index (χ2n) is 4.91. The summed E-state index contributed by atoms with van der Waals surface area (Å²) in [5.41, 5.74) is 2.19. The zero-order chi connectivity index (χ0) is 12.7. The predicted molar refractivity (Wildman–Crippen MR) is 74.6 cm³/mol. The molecule has 0 bridgehead atoms. The summed E-state index contributed by atoms with van der Waals surface area (Å²) in [4.78, 5) is 0. The quantitative estimate of drug-likeness (QED) is 0.640. The van der Waals surface area contributed by atoms with Gasteiger partial charge in [0.2, 0.25) is 0 Å². The lowest BCUT2D eigenvalue weighted by Gasteiger charge is -2.24. The number of rotatable bonds is 1. The molecule has 94 valence electrons. The third-order valence-corrected chi connectivity index (χ3v) is 3.75. The van der Waals surface area contributed by atoms with Crippen molar-refractivity contribution >= 4 is 11.0 Å². The Labute approximate surface area is 111 Å². The van der Waals surface area contributed by atoms with Gasteiger partial charge in [-0.05, 0) is 24.6 Å². The van der Waals surface area contributed by atoms with Crippen molar-refractivity contribution in [1.29, 1.82) is 0 Å². The van der Waals surface area contributed by atoms with Gasteiger partial charge in [-0.3, -0.25) is 0 Å². The Morgan fingerprint density at radius 1 is 0.947 bits per heavy atom. The lowest BCUT2D eigenvalue weighted by Crippen LogP contribution is -2.14. The molecule has 4 rings (SSSR count). The number of benzene rings is 2. The van der Waals surface area contributed by atoms with Gasteiger partial charge < -0.3 is 9.15 Å². The molecule has 0 N–H and O–H groups in total. The van der Waals surface area contributed by atoms with Gasteiger partial charge in [0.25, 0.3) is 0 Å². The Bertz CT molecular complexity index is 694. The van der Waals surface area contributed by atoms with Crippen LogP contribution in [0.2, 0.25) is 0 Å². The molecular formula is C17H14O2. The fraction of sp³-hybridized carbons (Fsp3) is 0.176. The Morgan fingerprint density at radius 2 is 1.79 bits per heavy atom. The van der Waals surface area contributed by atoms with Crippen molar-refractivity contribution in [3.05, 3.63) is 65.9 Å². The molecule has 2 aromatic carbocycles. The fourth-order valence-electron chi connectivity index (χ4n) is 2.81. The molecule has 0 amide bonds. The normalized spacial score (nSPS) is 18.0. The van der Waals surface area contributed by atoms with Crippen molar-refractivity contribution in [2.24, 2.45) is 0 Å². The highest BCUT2D eigenvalue weighted by Crippen LogP contribution is 2.39. The second-order valence-corrected chi connectivity index (χ2v) is 4.91. The lowest BCUT2D eigenvalue weighted by atomic mass is 9.91. The van der Waals surface area contributed by atoms with Gasteiger partial charge in [0, 0.05) is 16.9 Å². The van der Waals surface area contributed by atoms with Crippen LogP contribution in [0.5, 0.6) is 5.75 Å². The summed E-state index contributed by atoms with van der Waals surface area (Å²) < 4.78 is 11.7. The number of furan rings is 1. The highest BCUT2D eigenvalue weighted by molar-refractivity contribution is 5.78. The van der Waals surface area contributed by atoms with E-state index in [0.29, 0.717) is 5.92 Å². The minimum Gasteiger partial charge on any atom is -0.493 e. The van der Waals surface area contributed by atoms with Crippen LogP contribution in [-0.2, 0) is 0 Å². The molecule has 0 radical (unpaired) electrons. The summed E-state index contributed by atoms with van der Waals surface area (Å²) >= 11 is 0. The van der Waals surface area contributed by atoms with Crippen LogP contribution >= 0.6 is 0 Å². The van der Waals surface area contributed by atoms with Crippen LogP contribution in [0.1, 0.15) is 23.7 Å². The molecule has 1 unspecified atom stereocenters. The van der Waals surface area contributed by atoms with Crippen LogP contribution < -0.4 is 4.74 Å². The molecule has 2 heteroatoms. The van der Waals surface area contributed by atoms with E-state index < -0.39 is 0 Å². The number of hydrogen-bond acceptors (Lipinski definition) is 2. The van der Waals surface area contributed by atoms with E-state index in [1.807, 2.05) is 30.3 Å². The maximum atomic E-state index is 6.01. The molecule has 0 spiro atoms. The van der Waals surface area contributed by atoms with E-state index in [2.05, 4.69) is 24.3 Å². The molecule has 1 aliphatic heterocycles. The molecule has 0 saturated carbocycles. The van der Waals surface area contributed by atoms with Gasteiger partial charge in [-0.1, -0.05) is 36.4 Å². The molecule has 1 aliphatic rings.